The van der Waals surface area contributed by atoms with E-state index >= 15 is 0 Å². The molecule has 11 nitrogen and oxygen atoms in total. The smallest absolute Gasteiger partial charge is 0.168 e. The summed E-state index contributed by atoms with van der Waals surface area (Å²) >= 11 is 6.69. The van der Waals surface area contributed by atoms with Gasteiger partial charge < -0.3 is 5.11 Å². The Hall–Kier alpha value is -3.26. The number of nitrogens with zero attached hydrogens (tertiary/aromatic N) is 10. The van der Waals surface area contributed by atoms with Crippen LogP contribution in [0.4, 0.5) is 0 Å². The molecule has 0 saturated heterocycles. The highest BCUT2D eigenvalue weighted by Gasteiger charge is 2.22. The maximum atomic E-state index is 10.3. The zero-order valence-corrected chi connectivity index (χ0v) is 22.9. The summed E-state index contributed by atoms with van der Waals surface area (Å²) in [6.07, 6.45) is 6.99. The van der Waals surface area contributed by atoms with E-state index in [1.807, 2.05) is 39.4 Å². The summed E-state index contributed by atoms with van der Waals surface area (Å²) in [5.74, 6) is 0. The van der Waals surface area contributed by atoms with Crippen molar-refractivity contribution >= 4 is 31.9 Å². The third-order valence-corrected chi connectivity index (χ3v) is 6.40. The van der Waals surface area contributed by atoms with Crippen LogP contribution < -0.4 is 0 Å². The Morgan fingerprint density at radius 2 is 1.37 bits per heavy atom. The second-order valence-corrected chi connectivity index (χ2v) is 9.12. The van der Waals surface area contributed by atoms with Gasteiger partial charge in [-0.05, 0) is 45.7 Å². The summed E-state index contributed by atoms with van der Waals surface area (Å²) in [5, 5.41) is 45.0. The van der Waals surface area contributed by atoms with Crippen LogP contribution >= 0.6 is 31.9 Å². The van der Waals surface area contributed by atoms with Gasteiger partial charge >= 0.3 is 0 Å². The third kappa shape index (κ3) is 6.06. The second-order valence-electron chi connectivity index (χ2n) is 7.62. The molecule has 0 aliphatic carbocycles. The number of halogens is 2. The number of hydrogen-bond donors (Lipinski definition) is 1. The fraction of sp³-hybridized carbons (Fsp3) is 0.364. The van der Waals surface area contributed by atoms with Crippen LogP contribution in [0.25, 0.3) is 0 Å². The predicted molar refractivity (Wildman–Crippen MR) is 134 cm³/mol. The highest BCUT2D eigenvalue weighted by Crippen LogP contribution is 2.29. The number of hydrogen-bond acceptors (Lipinski definition) is 7. The molecular formula is C22H24Br2N10O. The van der Waals surface area contributed by atoms with Crippen molar-refractivity contribution < 1.29 is 5.11 Å². The molecule has 4 heterocycles. The Kier molecular flexibility index (Phi) is 8.62. The maximum absolute atomic E-state index is 10.3. The molecule has 0 amide bonds. The van der Waals surface area contributed by atoms with Crippen LogP contribution in [0.2, 0.25) is 0 Å². The van der Waals surface area contributed by atoms with E-state index in [9.17, 15) is 5.11 Å². The van der Waals surface area contributed by atoms with Gasteiger partial charge in [-0.3, -0.25) is 18.7 Å². The number of aliphatic hydroxyl groups excluding tert-OH is 1. The largest absolute Gasteiger partial charge is 0.383 e. The Morgan fingerprint density at radius 1 is 0.800 bits per heavy atom. The molecule has 1 unspecified atom stereocenters. The van der Waals surface area contributed by atoms with E-state index in [-0.39, 0.29) is 5.69 Å². The number of aryl methyl sites for hydroxylation is 4. The van der Waals surface area contributed by atoms with Gasteiger partial charge in [-0.2, -0.15) is 30.9 Å². The molecule has 0 aliphatic rings. The van der Waals surface area contributed by atoms with Gasteiger partial charge in [-0.1, -0.05) is 0 Å². The van der Waals surface area contributed by atoms with Crippen molar-refractivity contribution in [2.45, 2.75) is 39.5 Å². The van der Waals surface area contributed by atoms with Crippen LogP contribution in [0.1, 0.15) is 53.6 Å². The van der Waals surface area contributed by atoms with Crippen LogP contribution in [0.15, 0.2) is 34.0 Å². The van der Waals surface area contributed by atoms with E-state index in [0.29, 0.717) is 34.4 Å². The lowest BCUT2D eigenvalue weighted by Gasteiger charge is -2.06. The Balaban J connectivity index is 0.000000196. The number of aliphatic hydroxyl groups is 1. The molecular weight excluding hydrogens is 580 g/mol. The SMILES string of the molecule is CCn1cc(C(O)c2cn(C)nc2Br)c(C#N)n1.CCn1cc(Cc2cn(C)nc2Br)c(C#N)n1. The van der Waals surface area contributed by atoms with E-state index in [0.717, 1.165) is 22.3 Å². The molecule has 0 aromatic carbocycles. The molecule has 182 valence electrons. The lowest BCUT2D eigenvalue weighted by Crippen LogP contribution is -2.00. The topological polar surface area (TPSA) is 139 Å². The zero-order chi connectivity index (χ0) is 25.7. The van der Waals surface area contributed by atoms with E-state index in [2.05, 4.69) is 58.3 Å². The van der Waals surface area contributed by atoms with Gasteiger partial charge in [0.15, 0.2) is 11.4 Å². The fourth-order valence-electron chi connectivity index (χ4n) is 3.40. The lowest BCUT2D eigenvalue weighted by molar-refractivity contribution is 0.219. The molecule has 0 bridgehead atoms. The predicted octanol–water partition coefficient (Wildman–Crippen LogP) is 3.21. The quantitative estimate of drug-likeness (QED) is 0.357. The first-order valence-electron chi connectivity index (χ1n) is 10.7. The number of rotatable bonds is 6. The first kappa shape index (κ1) is 26.3. The van der Waals surface area contributed by atoms with Crippen LogP contribution in [0.3, 0.4) is 0 Å². The molecule has 13 heteroatoms. The van der Waals surface area contributed by atoms with E-state index < -0.39 is 6.10 Å². The van der Waals surface area contributed by atoms with Gasteiger partial charge in [-0.15, -0.1) is 0 Å². The molecule has 4 aromatic heterocycles. The van der Waals surface area contributed by atoms with Crippen molar-refractivity contribution in [2.75, 3.05) is 0 Å². The summed E-state index contributed by atoms with van der Waals surface area (Å²) in [6, 6.07) is 4.12. The fourth-order valence-corrected chi connectivity index (χ4v) is 4.46. The van der Waals surface area contributed by atoms with Gasteiger partial charge in [0.25, 0.3) is 0 Å². The molecule has 1 atom stereocenters. The molecule has 4 rings (SSSR count). The maximum Gasteiger partial charge on any atom is 0.168 e. The van der Waals surface area contributed by atoms with Crippen LogP contribution in [0.5, 0.6) is 0 Å². The van der Waals surface area contributed by atoms with Crippen LogP contribution in [-0.4, -0.2) is 44.2 Å². The van der Waals surface area contributed by atoms with Gasteiger partial charge in [0.2, 0.25) is 0 Å². The van der Waals surface area contributed by atoms with Crippen LogP contribution in [0, 0.1) is 22.7 Å². The van der Waals surface area contributed by atoms with Gasteiger partial charge in [0, 0.05) is 80.6 Å². The Labute approximate surface area is 219 Å². The summed E-state index contributed by atoms with van der Waals surface area (Å²) in [5.41, 5.74) is 3.82. The Bertz CT molecular complexity index is 1400. The van der Waals surface area contributed by atoms with Crippen molar-refractivity contribution in [2.24, 2.45) is 14.1 Å². The minimum absolute atomic E-state index is 0.236. The van der Waals surface area contributed by atoms with E-state index in [1.165, 1.54) is 0 Å². The third-order valence-electron chi connectivity index (χ3n) is 5.12. The molecule has 0 fully saturated rings. The first-order valence-corrected chi connectivity index (χ1v) is 12.3. The van der Waals surface area contributed by atoms with Crippen molar-refractivity contribution in [3.63, 3.8) is 0 Å². The standard InChI is InChI=1S/C11H12BrN5O.C11H12BrN5/c1-3-17-6-7(9(4-13)14-17)10(18)8-5-16(2)15-11(8)12;1-3-17-7-8(10(5-13)14-17)4-9-6-16(2)15-11(9)12/h5-6,10,18H,3H2,1-2H3;6-7H,3-4H2,1-2H3. The van der Waals surface area contributed by atoms with Gasteiger partial charge in [0.05, 0.1) is 0 Å². The highest BCUT2D eigenvalue weighted by atomic mass is 79.9. The van der Waals surface area contributed by atoms with E-state index in [4.69, 9.17) is 10.5 Å². The van der Waals surface area contributed by atoms with Crippen molar-refractivity contribution in [3.05, 3.63) is 67.6 Å². The zero-order valence-electron chi connectivity index (χ0n) is 19.7. The lowest BCUT2D eigenvalue weighted by atomic mass is 10.1. The molecule has 1 N–H and O–H groups in total. The molecule has 35 heavy (non-hydrogen) atoms. The molecule has 0 radical (unpaired) electrons. The van der Waals surface area contributed by atoms with Gasteiger partial charge in [-0.25, -0.2) is 0 Å². The monoisotopic (exact) mass is 602 g/mol. The van der Waals surface area contributed by atoms with Crippen molar-refractivity contribution in [3.8, 4) is 12.1 Å². The normalized spacial score (nSPS) is 11.5. The Morgan fingerprint density at radius 3 is 1.89 bits per heavy atom. The van der Waals surface area contributed by atoms with Crippen molar-refractivity contribution in [1.82, 2.24) is 39.1 Å². The molecule has 4 aromatic rings. The summed E-state index contributed by atoms with van der Waals surface area (Å²) in [7, 11) is 3.64. The van der Waals surface area contributed by atoms with Crippen molar-refractivity contribution in [1.29, 1.82) is 10.5 Å². The second kappa shape index (κ2) is 11.4. The minimum atomic E-state index is -0.914. The molecule has 0 aliphatic heterocycles. The van der Waals surface area contributed by atoms with Crippen LogP contribution in [-0.2, 0) is 33.6 Å². The number of aromatic nitrogens is 8. The molecule has 0 saturated carbocycles. The highest BCUT2D eigenvalue weighted by molar-refractivity contribution is 9.10. The summed E-state index contributed by atoms with van der Waals surface area (Å²) in [6.45, 7) is 5.33. The molecule has 0 spiro atoms. The summed E-state index contributed by atoms with van der Waals surface area (Å²) in [4.78, 5) is 0. The average Bonchev–Trinajstić information content (AvgIpc) is 3.59. The first-order chi connectivity index (χ1) is 16.7. The van der Waals surface area contributed by atoms with Gasteiger partial charge in [0.1, 0.15) is 27.4 Å². The average molecular weight is 604 g/mol. The van der Waals surface area contributed by atoms with E-state index in [1.54, 1.807) is 38.2 Å². The number of nitriles is 2. The summed E-state index contributed by atoms with van der Waals surface area (Å²) < 4.78 is 8.12. The minimum Gasteiger partial charge on any atom is -0.383 e.